The first-order valence-corrected chi connectivity index (χ1v) is 5.74. The van der Waals surface area contributed by atoms with Crippen molar-refractivity contribution in [3.05, 3.63) is 45.6 Å². The average molecular weight is 262 g/mol. The Morgan fingerprint density at radius 2 is 2.39 bits per heavy atom. The van der Waals surface area contributed by atoms with Crippen LogP contribution in [0.5, 0.6) is 0 Å². The van der Waals surface area contributed by atoms with Crippen molar-refractivity contribution in [1.82, 2.24) is 19.1 Å². The van der Waals surface area contributed by atoms with E-state index in [1.54, 1.807) is 19.4 Å². The van der Waals surface area contributed by atoms with Crippen molar-refractivity contribution < 1.29 is 4.42 Å². The molecule has 92 valence electrons. The Balaban J connectivity index is 2.31. The average Bonchev–Trinajstić information content (AvgIpc) is 3.02. The third kappa shape index (κ3) is 1.52. The van der Waals surface area contributed by atoms with Gasteiger partial charge in [-0.2, -0.15) is 0 Å². The molecule has 0 unspecified atom stereocenters. The van der Waals surface area contributed by atoms with Gasteiger partial charge in [0, 0.05) is 7.05 Å². The Hall–Kier alpha value is -2.15. The van der Waals surface area contributed by atoms with Crippen LogP contribution in [0.25, 0.3) is 11.2 Å². The normalized spacial score (nSPS) is 11.2. The molecule has 0 amide bonds. The molecule has 0 aliphatic rings. The zero-order valence-electron chi connectivity index (χ0n) is 9.58. The van der Waals surface area contributed by atoms with Crippen molar-refractivity contribution in [2.24, 2.45) is 7.05 Å². The minimum Gasteiger partial charge on any atom is -0.467 e. The first kappa shape index (κ1) is 11.0. The van der Waals surface area contributed by atoms with Crippen molar-refractivity contribution >= 4 is 23.4 Å². The molecule has 3 aromatic heterocycles. The molecular formula is C11H10N4O2S. The van der Waals surface area contributed by atoms with Gasteiger partial charge in [-0.25, -0.2) is 9.78 Å². The molecule has 0 atom stereocenters. The maximum absolute atomic E-state index is 12.2. The Morgan fingerprint density at radius 3 is 3.11 bits per heavy atom. The number of fused-ring (bicyclic) bond motifs is 1. The van der Waals surface area contributed by atoms with Crippen molar-refractivity contribution in [1.29, 1.82) is 0 Å². The van der Waals surface area contributed by atoms with Crippen LogP contribution in [0.2, 0.25) is 0 Å². The van der Waals surface area contributed by atoms with E-state index in [9.17, 15) is 4.79 Å². The van der Waals surface area contributed by atoms with Gasteiger partial charge in [-0.1, -0.05) is 12.2 Å². The van der Waals surface area contributed by atoms with Crippen LogP contribution < -0.4 is 5.69 Å². The number of imidazole rings is 1. The molecule has 0 aliphatic heterocycles. The summed E-state index contributed by atoms with van der Waals surface area (Å²) in [7, 11) is 1.64. The summed E-state index contributed by atoms with van der Waals surface area (Å²) in [6.07, 6.45) is 3.10. The lowest BCUT2D eigenvalue weighted by Crippen LogP contribution is -2.30. The van der Waals surface area contributed by atoms with Gasteiger partial charge in [-0.15, -0.1) is 0 Å². The van der Waals surface area contributed by atoms with Gasteiger partial charge in [-0.3, -0.25) is 9.13 Å². The zero-order chi connectivity index (χ0) is 12.7. The van der Waals surface area contributed by atoms with E-state index >= 15 is 0 Å². The molecule has 3 heterocycles. The molecule has 0 saturated heterocycles. The summed E-state index contributed by atoms with van der Waals surface area (Å²) >= 11 is 5.20. The van der Waals surface area contributed by atoms with Gasteiger partial charge < -0.3 is 9.40 Å². The highest BCUT2D eigenvalue weighted by Gasteiger charge is 2.11. The smallest absolute Gasteiger partial charge is 0.331 e. The van der Waals surface area contributed by atoms with E-state index < -0.39 is 0 Å². The Bertz CT molecular complexity index is 810. The quantitative estimate of drug-likeness (QED) is 0.709. The van der Waals surface area contributed by atoms with Crippen LogP contribution in [0, 0.1) is 4.64 Å². The number of H-pyrrole nitrogens is 1. The van der Waals surface area contributed by atoms with Crippen molar-refractivity contribution in [2.75, 3.05) is 0 Å². The van der Waals surface area contributed by atoms with E-state index in [1.807, 2.05) is 6.07 Å². The van der Waals surface area contributed by atoms with Gasteiger partial charge in [0.25, 0.3) is 0 Å². The summed E-state index contributed by atoms with van der Waals surface area (Å²) in [5.41, 5.74) is 1.01. The minimum atomic E-state index is -0.212. The van der Waals surface area contributed by atoms with Crippen molar-refractivity contribution in [3.8, 4) is 0 Å². The fourth-order valence-electron chi connectivity index (χ4n) is 1.88. The summed E-state index contributed by atoms with van der Waals surface area (Å²) in [6, 6.07) is 3.59. The fourth-order valence-corrected chi connectivity index (χ4v) is 2.10. The first-order chi connectivity index (χ1) is 8.68. The van der Waals surface area contributed by atoms with Crippen LogP contribution >= 0.6 is 12.2 Å². The van der Waals surface area contributed by atoms with Gasteiger partial charge in [0.2, 0.25) is 0 Å². The number of nitrogens with zero attached hydrogens (tertiary/aromatic N) is 3. The number of nitrogens with one attached hydrogen (secondary N) is 1. The van der Waals surface area contributed by atoms with Crippen molar-refractivity contribution in [2.45, 2.75) is 6.54 Å². The van der Waals surface area contributed by atoms with Crippen LogP contribution in [0.3, 0.4) is 0 Å². The predicted octanol–water partition coefficient (Wildman–Crippen LogP) is 1.43. The van der Waals surface area contributed by atoms with E-state index in [-0.39, 0.29) is 5.69 Å². The summed E-state index contributed by atoms with van der Waals surface area (Å²) in [5.74, 6) is 0.693. The maximum Gasteiger partial charge on any atom is 0.331 e. The van der Waals surface area contributed by atoms with Crippen LogP contribution in [0.1, 0.15) is 5.76 Å². The third-order valence-electron chi connectivity index (χ3n) is 2.81. The molecule has 0 bridgehead atoms. The molecule has 3 rings (SSSR count). The van der Waals surface area contributed by atoms with Crippen LogP contribution in [-0.2, 0) is 13.6 Å². The lowest BCUT2D eigenvalue weighted by atomic mass is 10.4. The van der Waals surface area contributed by atoms with E-state index in [0.717, 1.165) is 0 Å². The molecule has 0 saturated carbocycles. The summed E-state index contributed by atoms with van der Waals surface area (Å²) in [6.45, 7) is 0.330. The van der Waals surface area contributed by atoms with E-state index in [2.05, 4.69) is 9.97 Å². The number of hydrogen-bond donors (Lipinski definition) is 1. The van der Waals surface area contributed by atoms with E-state index in [1.165, 1.54) is 15.5 Å². The summed E-state index contributed by atoms with van der Waals surface area (Å²) in [5, 5.41) is 0. The Labute approximate surface area is 107 Å². The minimum absolute atomic E-state index is 0.212. The SMILES string of the molecule is Cn1c(=S)c2[nH]cnc2n(Cc2ccco2)c1=O. The maximum atomic E-state index is 12.2. The van der Waals surface area contributed by atoms with Gasteiger partial charge in [0.15, 0.2) is 5.65 Å². The van der Waals surface area contributed by atoms with E-state index in [0.29, 0.717) is 28.1 Å². The Kier molecular flexibility index (Phi) is 2.41. The zero-order valence-corrected chi connectivity index (χ0v) is 10.4. The molecule has 3 aromatic rings. The monoisotopic (exact) mass is 262 g/mol. The largest absolute Gasteiger partial charge is 0.467 e. The molecule has 0 radical (unpaired) electrons. The molecule has 0 fully saturated rings. The number of hydrogen-bond acceptors (Lipinski definition) is 4. The molecule has 0 spiro atoms. The predicted molar refractivity (Wildman–Crippen MR) is 68.0 cm³/mol. The highest BCUT2D eigenvalue weighted by Crippen LogP contribution is 2.10. The highest BCUT2D eigenvalue weighted by atomic mass is 32.1. The van der Waals surface area contributed by atoms with Crippen LogP contribution in [0.15, 0.2) is 33.9 Å². The van der Waals surface area contributed by atoms with Crippen LogP contribution in [0.4, 0.5) is 0 Å². The lowest BCUT2D eigenvalue weighted by Gasteiger charge is -2.07. The second-order valence-electron chi connectivity index (χ2n) is 3.91. The highest BCUT2D eigenvalue weighted by molar-refractivity contribution is 7.71. The number of furan rings is 1. The van der Waals surface area contributed by atoms with E-state index in [4.69, 9.17) is 16.6 Å². The number of aromatic nitrogens is 4. The summed E-state index contributed by atoms with van der Waals surface area (Å²) < 4.78 is 8.65. The van der Waals surface area contributed by atoms with Crippen LogP contribution in [-0.4, -0.2) is 19.1 Å². The van der Waals surface area contributed by atoms with Gasteiger partial charge in [0.05, 0.1) is 19.1 Å². The first-order valence-electron chi connectivity index (χ1n) is 5.34. The summed E-state index contributed by atoms with van der Waals surface area (Å²) in [4.78, 5) is 19.3. The van der Waals surface area contributed by atoms with Gasteiger partial charge in [-0.05, 0) is 12.1 Å². The second-order valence-corrected chi connectivity index (χ2v) is 4.30. The van der Waals surface area contributed by atoms with Gasteiger partial charge >= 0.3 is 5.69 Å². The number of aromatic amines is 1. The second kappa shape index (κ2) is 3.95. The molecule has 0 aliphatic carbocycles. The third-order valence-corrected chi connectivity index (χ3v) is 3.28. The van der Waals surface area contributed by atoms with Gasteiger partial charge in [0.1, 0.15) is 15.9 Å². The Morgan fingerprint density at radius 1 is 1.56 bits per heavy atom. The molecule has 7 heteroatoms. The topological polar surface area (TPSA) is 68.8 Å². The molecule has 1 N–H and O–H groups in total. The molecule has 18 heavy (non-hydrogen) atoms. The lowest BCUT2D eigenvalue weighted by molar-refractivity contribution is 0.487. The molecular weight excluding hydrogens is 252 g/mol. The molecule has 0 aromatic carbocycles. The number of rotatable bonds is 2. The fraction of sp³-hybridized carbons (Fsp3) is 0.182. The van der Waals surface area contributed by atoms with Crippen molar-refractivity contribution in [3.63, 3.8) is 0 Å². The molecule has 6 nitrogen and oxygen atoms in total. The standard InChI is InChI=1S/C11H10N4O2S/c1-14-10(18)8-9(13-6-12-8)15(11(14)16)5-7-3-2-4-17-7/h2-4,6H,5H2,1H3,(H,12,13).